The first-order chi connectivity index (χ1) is 12.7. The average molecular weight is 341 g/mol. The summed E-state index contributed by atoms with van der Waals surface area (Å²) in [5.41, 5.74) is 4.00. The lowest BCUT2D eigenvalue weighted by Gasteiger charge is -2.04. The number of nitrogens with zero attached hydrogens (tertiary/aromatic N) is 3. The summed E-state index contributed by atoms with van der Waals surface area (Å²) in [5.74, 6) is -1.00. The lowest BCUT2D eigenvalue weighted by Crippen LogP contribution is -1.94. The van der Waals surface area contributed by atoms with Crippen molar-refractivity contribution >= 4 is 22.9 Å². The second kappa shape index (κ2) is 6.64. The zero-order chi connectivity index (χ0) is 17.9. The molecule has 26 heavy (non-hydrogen) atoms. The molecule has 0 aliphatic carbocycles. The van der Waals surface area contributed by atoms with Crippen LogP contribution in [0.25, 0.3) is 33.9 Å². The molecule has 5 heteroatoms. The van der Waals surface area contributed by atoms with Crippen LogP contribution in [0.1, 0.15) is 5.56 Å². The number of pyridine rings is 1. The molecule has 0 saturated heterocycles. The fourth-order valence-electron chi connectivity index (χ4n) is 2.89. The van der Waals surface area contributed by atoms with Gasteiger partial charge in [0.1, 0.15) is 5.69 Å². The number of hydrogen-bond acceptors (Lipinski definition) is 3. The lowest BCUT2D eigenvalue weighted by atomic mass is 10.0. The fourth-order valence-corrected chi connectivity index (χ4v) is 2.89. The average Bonchev–Trinajstić information content (AvgIpc) is 3.11. The predicted molar refractivity (Wildman–Crippen MR) is 101 cm³/mol. The van der Waals surface area contributed by atoms with Gasteiger partial charge in [-0.25, -0.2) is 9.48 Å². The fraction of sp³-hybridized carbons (Fsp3) is 0. The zero-order valence-electron chi connectivity index (χ0n) is 13.8. The van der Waals surface area contributed by atoms with Crippen LogP contribution in [0.15, 0.2) is 79.1 Å². The van der Waals surface area contributed by atoms with Gasteiger partial charge in [0.15, 0.2) is 0 Å². The molecule has 5 nitrogen and oxygen atoms in total. The molecule has 0 amide bonds. The standard InChI is InChI=1S/C21H15N3O2/c25-19(26)12-11-16-14-24(17-8-2-1-3-9-17)23-21(16)18-10-4-6-15-7-5-13-22-20(15)18/h1-14H,(H,25,26)/b12-11+. The Hall–Kier alpha value is -3.73. The van der Waals surface area contributed by atoms with Crippen LogP contribution in [0.2, 0.25) is 0 Å². The van der Waals surface area contributed by atoms with Gasteiger partial charge in [0.25, 0.3) is 0 Å². The van der Waals surface area contributed by atoms with E-state index in [-0.39, 0.29) is 0 Å². The van der Waals surface area contributed by atoms with Crippen molar-refractivity contribution in [3.05, 3.63) is 84.7 Å². The smallest absolute Gasteiger partial charge is 0.328 e. The van der Waals surface area contributed by atoms with Crippen LogP contribution in [0.4, 0.5) is 0 Å². The van der Waals surface area contributed by atoms with Gasteiger partial charge in [0.05, 0.1) is 11.2 Å². The summed E-state index contributed by atoms with van der Waals surface area (Å²) >= 11 is 0. The predicted octanol–water partition coefficient (Wildman–Crippen LogP) is 4.19. The molecule has 0 fully saturated rings. The minimum Gasteiger partial charge on any atom is -0.478 e. The largest absolute Gasteiger partial charge is 0.478 e. The topological polar surface area (TPSA) is 68.0 Å². The van der Waals surface area contributed by atoms with Gasteiger partial charge in [0, 0.05) is 35.0 Å². The number of carbonyl (C=O) groups is 1. The molecular formula is C21H15N3O2. The molecule has 126 valence electrons. The minimum absolute atomic E-state index is 0.690. The Bertz CT molecular complexity index is 1110. The molecule has 4 rings (SSSR count). The number of carboxylic acids is 1. The second-order valence-corrected chi connectivity index (χ2v) is 5.77. The number of benzene rings is 2. The van der Waals surface area contributed by atoms with Crippen molar-refractivity contribution in [2.75, 3.05) is 0 Å². The van der Waals surface area contributed by atoms with E-state index in [1.54, 1.807) is 17.0 Å². The maximum absolute atomic E-state index is 11.0. The summed E-state index contributed by atoms with van der Waals surface area (Å²) in [5, 5.41) is 14.7. The minimum atomic E-state index is -1.00. The highest BCUT2D eigenvalue weighted by atomic mass is 16.4. The van der Waals surface area contributed by atoms with Crippen LogP contribution in [0.3, 0.4) is 0 Å². The maximum atomic E-state index is 11.0. The molecule has 0 unspecified atom stereocenters. The van der Waals surface area contributed by atoms with Gasteiger partial charge in [-0.2, -0.15) is 5.10 Å². The normalized spacial score (nSPS) is 11.2. The van der Waals surface area contributed by atoms with E-state index < -0.39 is 5.97 Å². The van der Waals surface area contributed by atoms with E-state index in [1.807, 2.05) is 66.9 Å². The summed E-state index contributed by atoms with van der Waals surface area (Å²) in [6.45, 7) is 0. The van der Waals surface area contributed by atoms with Gasteiger partial charge in [-0.1, -0.05) is 42.5 Å². The van der Waals surface area contributed by atoms with E-state index in [0.717, 1.165) is 33.8 Å². The highest BCUT2D eigenvalue weighted by Gasteiger charge is 2.14. The number of hydrogen-bond donors (Lipinski definition) is 1. The molecule has 2 aromatic heterocycles. The first kappa shape index (κ1) is 15.8. The third-order valence-electron chi connectivity index (χ3n) is 4.06. The van der Waals surface area contributed by atoms with Crippen molar-refractivity contribution in [1.82, 2.24) is 14.8 Å². The highest BCUT2D eigenvalue weighted by molar-refractivity contribution is 5.95. The number of fused-ring (bicyclic) bond motifs is 1. The van der Waals surface area contributed by atoms with E-state index >= 15 is 0 Å². The molecule has 0 bridgehead atoms. The van der Waals surface area contributed by atoms with E-state index in [1.165, 1.54) is 0 Å². The van der Waals surface area contributed by atoms with Crippen molar-refractivity contribution < 1.29 is 9.90 Å². The van der Waals surface area contributed by atoms with Crippen LogP contribution >= 0.6 is 0 Å². The highest BCUT2D eigenvalue weighted by Crippen LogP contribution is 2.30. The van der Waals surface area contributed by atoms with Gasteiger partial charge in [0.2, 0.25) is 0 Å². The molecule has 1 N–H and O–H groups in total. The molecule has 2 heterocycles. The number of para-hydroxylation sites is 2. The molecule has 0 radical (unpaired) electrons. The second-order valence-electron chi connectivity index (χ2n) is 5.77. The van der Waals surface area contributed by atoms with Crippen LogP contribution in [0.5, 0.6) is 0 Å². The van der Waals surface area contributed by atoms with Crippen molar-refractivity contribution in [1.29, 1.82) is 0 Å². The zero-order valence-corrected chi connectivity index (χ0v) is 13.8. The number of carboxylic acid groups (broad SMARTS) is 1. The molecule has 0 aliphatic rings. The molecule has 0 saturated carbocycles. The van der Waals surface area contributed by atoms with Gasteiger partial charge in [-0.15, -0.1) is 0 Å². The maximum Gasteiger partial charge on any atom is 0.328 e. The third-order valence-corrected chi connectivity index (χ3v) is 4.06. The van der Waals surface area contributed by atoms with E-state index in [4.69, 9.17) is 10.2 Å². The Balaban J connectivity index is 1.94. The molecule has 2 aromatic carbocycles. The van der Waals surface area contributed by atoms with Crippen LogP contribution in [-0.2, 0) is 4.79 Å². The van der Waals surface area contributed by atoms with E-state index in [2.05, 4.69) is 4.98 Å². The summed E-state index contributed by atoms with van der Waals surface area (Å²) in [7, 11) is 0. The molecular weight excluding hydrogens is 326 g/mol. The van der Waals surface area contributed by atoms with Crippen LogP contribution in [-0.4, -0.2) is 25.8 Å². The van der Waals surface area contributed by atoms with E-state index in [0.29, 0.717) is 5.69 Å². The first-order valence-electron chi connectivity index (χ1n) is 8.12. The SMILES string of the molecule is O=C(O)/C=C/c1cn(-c2ccccc2)nc1-c1cccc2cccnc12. The van der Waals surface area contributed by atoms with Crippen molar-refractivity contribution in [3.8, 4) is 16.9 Å². The molecule has 0 atom stereocenters. The number of aliphatic carboxylic acids is 1. The van der Waals surface area contributed by atoms with Gasteiger partial charge in [-0.3, -0.25) is 4.98 Å². The Labute approximate surface area is 149 Å². The molecule has 0 spiro atoms. The van der Waals surface area contributed by atoms with Crippen molar-refractivity contribution in [3.63, 3.8) is 0 Å². The van der Waals surface area contributed by atoms with Crippen molar-refractivity contribution in [2.45, 2.75) is 0 Å². The van der Waals surface area contributed by atoms with Crippen LogP contribution < -0.4 is 0 Å². The van der Waals surface area contributed by atoms with Gasteiger partial charge in [-0.05, 0) is 24.3 Å². The summed E-state index contributed by atoms with van der Waals surface area (Å²) in [6, 6.07) is 19.5. The monoisotopic (exact) mass is 341 g/mol. The van der Waals surface area contributed by atoms with Gasteiger partial charge < -0.3 is 5.11 Å². The summed E-state index contributed by atoms with van der Waals surface area (Å²) in [6.07, 6.45) is 6.25. The van der Waals surface area contributed by atoms with Crippen molar-refractivity contribution in [2.24, 2.45) is 0 Å². The lowest BCUT2D eigenvalue weighted by molar-refractivity contribution is -0.131. The molecule has 4 aromatic rings. The third kappa shape index (κ3) is 2.98. The quantitative estimate of drug-likeness (QED) is 0.565. The van der Waals surface area contributed by atoms with E-state index in [9.17, 15) is 4.79 Å². The number of rotatable bonds is 4. The molecule has 0 aliphatic heterocycles. The van der Waals surface area contributed by atoms with Gasteiger partial charge >= 0.3 is 5.97 Å². The first-order valence-corrected chi connectivity index (χ1v) is 8.12. The van der Waals surface area contributed by atoms with Crippen LogP contribution in [0, 0.1) is 0 Å². The Morgan fingerprint density at radius 1 is 1.00 bits per heavy atom. The Morgan fingerprint density at radius 2 is 1.81 bits per heavy atom. The Kier molecular flexibility index (Phi) is 4.03. The summed E-state index contributed by atoms with van der Waals surface area (Å²) < 4.78 is 1.75. The number of aromatic nitrogens is 3. The Morgan fingerprint density at radius 3 is 2.62 bits per heavy atom. The summed E-state index contributed by atoms with van der Waals surface area (Å²) in [4.78, 5) is 15.5.